The van der Waals surface area contributed by atoms with Crippen LogP contribution in [0, 0.1) is 0 Å². The number of aromatic nitrogens is 1. The van der Waals surface area contributed by atoms with E-state index in [0.29, 0.717) is 0 Å². The number of hydrogen-bond donors (Lipinski definition) is 0. The minimum Gasteiger partial charge on any atom is -0.249 e. The van der Waals surface area contributed by atoms with Crippen molar-refractivity contribution in [2.45, 2.75) is 11.9 Å². The third-order valence-electron chi connectivity index (χ3n) is 1.95. The average Bonchev–Trinajstić information content (AvgIpc) is 2.26. The van der Waals surface area contributed by atoms with Crippen LogP contribution in [-0.4, -0.2) is 4.98 Å². The number of thioether (sulfide) groups is 1. The van der Waals surface area contributed by atoms with E-state index in [0.717, 1.165) is 5.03 Å². The summed E-state index contributed by atoms with van der Waals surface area (Å²) in [6.45, 7) is 2.01. The Labute approximate surface area is 87.9 Å². The fraction of sp³-hybridized carbons (Fsp3) is 0.0833. The van der Waals surface area contributed by atoms with Crippen molar-refractivity contribution in [3.8, 4) is 0 Å². The Kier molecular flexibility index (Phi) is 2.84. The van der Waals surface area contributed by atoms with Gasteiger partial charge in [-0.05, 0) is 23.8 Å². The smallest absolute Gasteiger partial charge is 0.108 e. The molecule has 0 amide bonds. The Hall–Kier alpha value is -1.28. The van der Waals surface area contributed by atoms with Gasteiger partial charge in [-0.2, -0.15) is 0 Å². The van der Waals surface area contributed by atoms with E-state index in [2.05, 4.69) is 22.5 Å². The van der Waals surface area contributed by atoms with Gasteiger partial charge in [-0.25, -0.2) is 4.98 Å². The molecular formula is C12H11NS. The van der Waals surface area contributed by atoms with Crippen LogP contribution >= 0.6 is 11.8 Å². The largest absolute Gasteiger partial charge is 0.249 e. The van der Waals surface area contributed by atoms with E-state index in [1.165, 1.54) is 10.8 Å². The molecule has 0 bridgehead atoms. The minimum atomic E-state index is 1.07. The fourth-order valence-electron chi connectivity index (χ4n) is 1.32. The Bertz CT molecular complexity index is 457. The van der Waals surface area contributed by atoms with Gasteiger partial charge < -0.3 is 0 Å². The van der Waals surface area contributed by atoms with Crippen molar-refractivity contribution in [2.75, 3.05) is 0 Å². The molecule has 14 heavy (non-hydrogen) atoms. The number of rotatable bonds is 2. The van der Waals surface area contributed by atoms with Crippen molar-refractivity contribution < 1.29 is 0 Å². The standard InChI is InChI=1S/C12H11NS/c1-2-9-14-12-11-6-4-3-5-10(11)7-8-13-12/h2-9H,1H3/b9-2+. The number of pyridine rings is 1. The predicted octanol–water partition coefficient (Wildman–Crippen LogP) is 3.86. The van der Waals surface area contributed by atoms with Crippen LogP contribution < -0.4 is 0 Å². The monoisotopic (exact) mass is 201 g/mol. The molecule has 0 N–H and O–H groups in total. The molecule has 2 aromatic rings. The molecule has 0 radical (unpaired) electrons. The highest BCUT2D eigenvalue weighted by molar-refractivity contribution is 8.02. The Morgan fingerprint density at radius 3 is 2.93 bits per heavy atom. The van der Waals surface area contributed by atoms with Gasteiger partial charge >= 0.3 is 0 Å². The van der Waals surface area contributed by atoms with Crippen LogP contribution in [0.5, 0.6) is 0 Å². The lowest BCUT2D eigenvalue weighted by Crippen LogP contribution is -1.80. The van der Waals surface area contributed by atoms with Crippen molar-refractivity contribution in [1.82, 2.24) is 4.98 Å². The lowest BCUT2D eigenvalue weighted by molar-refractivity contribution is 1.18. The summed E-state index contributed by atoms with van der Waals surface area (Å²) >= 11 is 1.66. The Balaban J connectivity index is 2.53. The molecule has 1 nitrogen and oxygen atoms in total. The van der Waals surface area contributed by atoms with Gasteiger partial charge in [-0.1, -0.05) is 42.1 Å². The second kappa shape index (κ2) is 4.29. The van der Waals surface area contributed by atoms with Gasteiger partial charge in [0.1, 0.15) is 5.03 Å². The van der Waals surface area contributed by atoms with Crippen molar-refractivity contribution >= 4 is 22.5 Å². The summed E-state index contributed by atoms with van der Waals surface area (Å²) in [6, 6.07) is 10.3. The molecule has 1 heterocycles. The summed E-state index contributed by atoms with van der Waals surface area (Å²) in [5.41, 5.74) is 0. The van der Waals surface area contributed by atoms with E-state index in [1.807, 2.05) is 37.4 Å². The summed E-state index contributed by atoms with van der Waals surface area (Å²) in [7, 11) is 0. The van der Waals surface area contributed by atoms with Crippen LogP contribution in [-0.2, 0) is 0 Å². The zero-order valence-corrected chi connectivity index (χ0v) is 8.79. The normalized spacial score (nSPS) is 11.2. The number of hydrogen-bond acceptors (Lipinski definition) is 2. The highest BCUT2D eigenvalue weighted by atomic mass is 32.2. The van der Waals surface area contributed by atoms with E-state index in [1.54, 1.807) is 11.8 Å². The first-order chi connectivity index (χ1) is 6.92. The van der Waals surface area contributed by atoms with Crippen LogP contribution in [0.15, 0.2) is 53.0 Å². The molecular weight excluding hydrogens is 190 g/mol. The Morgan fingerprint density at radius 1 is 1.21 bits per heavy atom. The Morgan fingerprint density at radius 2 is 2.07 bits per heavy atom. The van der Waals surface area contributed by atoms with Crippen LogP contribution in [0.4, 0.5) is 0 Å². The topological polar surface area (TPSA) is 12.9 Å². The van der Waals surface area contributed by atoms with Gasteiger partial charge in [0.25, 0.3) is 0 Å². The molecule has 2 rings (SSSR count). The minimum absolute atomic E-state index is 1.07. The highest BCUT2D eigenvalue weighted by Gasteiger charge is 1.99. The molecule has 0 aliphatic rings. The summed E-state index contributed by atoms with van der Waals surface area (Å²) in [4.78, 5) is 4.36. The van der Waals surface area contributed by atoms with Crippen LogP contribution in [0.2, 0.25) is 0 Å². The van der Waals surface area contributed by atoms with Crippen molar-refractivity contribution in [3.05, 3.63) is 48.0 Å². The van der Waals surface area contributed by atoms with Crippen LogP contribution in [0.3, 0.4) is 0 Å². The molecule has 70 valence electrons. The molecule has 0 fully saturated rings. The first-order valence-corrected chi connectivity index (χ1v) is 5.41. The number of benzene rings is 1. The van der Waals surface area contributed by atoms with Gasteiger partial charge in [0.2, 0.25) is 0 Å². The van der Waals surface area contributed by atoms with Crippen molar-refractivity contribution in [2.24, 2.45) is 0 Å². The summed E-state index contributed by atoms with van der Waals surface area (Å²) in [5, 5.41) is 5.59. The van der Waals surface area contributed by atoms with Crippen molar-refractivity contribution in [1.29, 1.82) is 0 Å². The molecule has 0 unspecified atom stereocenters. The quantitative estimate of drug-likeness (QED) is 0.684. The van der Waals surface area contributed by atoms with Crippen LogP contribution in [0.25, 0.3) is 10.8 Å². The lowest BCUT2D eigenvalue weighted by atomic mass is 10.2. The first-order valence-electron chi connectivity index (χ1n) is 4.53. The van der Waals surface area contributed by atoms with E-state index in [4.69, 9.17) is 0 Å². The van der Waals surface area contributed by atoms with E-state index >= 15 is 0 Å². The van der Waals surface area contributed by atoms with Gasteiger partial charge in [0.15, 0.2) is 0 Å². The number of nitrogens with zero attached hydrogens (tertiary/aromatic N) is 1. The van der Waals surface area contributed by atoms with E-state index in [9.17, 15) is 0 Å². The fourth-order valence-corrected chi connectivity index (χ4v) is 2.02. The predicted molar refractivity (Wildman–Crippen MR) is 62.4 cm³/mol. The highest BCUT2D eigenvalue weighted by Crippen LogP contribution is 2.25. The zero-order chi connectivity index (χ0) is 9.80. The molecule has 0 spiro atoms. The molecule has 2 heteroatoms. The van der Waals surface area contributed by atoms with Crippen molar-refractivity contribution in [3.63, 3.8) is 0 Å². The summed E-state index contributed by atoms with van der Waals surface area (Å²) < 4.78 is 0. The third-order valence-corrected chi connectivity index (χ3v) is 2.91. The number of allylic oxidation sites excluding steroid dienone is 1. The maximum Gasteiger partial charge on any atom is 0.108 e. The average molecular weight is 201 g/mol. The van der Waals surface area contributed by atoms with E-state index < -0.39 is 0 Å². The van der Waals surface area contributed by atoms with Gasteiger partial charge in [0, 0.05) is 11.6 Å². The molecule has 0 atom stereocenters. The summed E-state index contributed by atoms with van der Waals surface area (Å²) in [5.74, 6) is 0. The maximum atomic E-state index is 4.36. The lowest BCUT2D eigenvalue weighted by Gasteiger charge is -2.01. The maximum absolute atomic E-state index is 4.36. The summed E-state index contributed by atoms with van der Waals surface area (Å²) in [6.07, 6.45) is 3.88. The molecule has 1 aromatic carbocycles. The van der Waals surface area contributed by atoms with Gasteiger partial charge in [0.05, 0.1) is 0 Å². The third kappa shape index (κ3) is 1.80. The second-order valence-electron chi connectivity index (χ2n) is 2.92. The molecule has 0 aliphatic heterocycles. The zero-order valence-electron chi connectivity index (χ0n) is 7.97. The number of fused-ring (bicyclic) bond motifs is 1. The van der Waals surface area contributed by atoms with Gasteiger partial charge in [-0.15, -0.1) is 0 Å². The first kappa shape index (κ1) is 9.28. The molecule has 0 aliphatic carbocycles. The molecule has 1 aromatic heterocycles. The van der Waals surface area contributed by atoms with E-state index in [-0.39, 0.29) is 0 Å². The molecule has 0 saturated carbocycles. The van der Waals surface area contributed by atoms with Gasteiger partial charge in [-0.3, -0.25) is 0 Å². The molecule has 0 saturated heterocycles. The SMILES string of the molecule is C/C=C/Sc1nccc2ccccc12. The van der Waals surface area contributed by atoms with Crippen LogP contribution in [0.1, 0.15) is 6.92 Å². The second-order valence-corrected chi connectivity index (χ2v) is 3.82.